The van der Waals surface area contributed by atoms with Crippen LogP contribution in [-0.4, -0.2) is 34.2 Å². The second-order valence-electron chi connectivity index (χ2n) is 10.00. The average molecular weight is 388 g/mol. The van der Waals surface area contributed by atoms with E-state index in [0.717, 1.165) is 25.7 Å². The van der Waals surface area contributed by atoms with Gasteiger partial charge in [0.25, 0.3) is 0 Å². The maximum atomic E-state index is 12.8. The number of ether oxygens (including phenoxy) is 2. The predicted molar refractivity (Wildman–Crippen MR) is 98.0 cm³/mol. The quantitative estimate of drug-likeness (QED) is 0.590. The molecule has 4 bridgehead atoms. The van der Waals surface area contributed by atoms with Gasteiger partial charge in [-0.1, -0.05) is 19.1 Å². The Morgan fingerprint density at radius 1 is 1.39 bits per heavy atom. The highest BCUT2D eigenvalue weighted by Crippen LogP contribution is 2.78. The number of esters is 2. The zero-order chi connectivity index (χ0) is 20.1. The van der Waals surface area contributed by atoms with Crippen molar-refractivity contribution >= 4 is 17.9 Å². The molecule has 1 aliphatic heterocycles. The number of hydrogen-bond donors (Lipinski definition) is 1. The summed E-state index contributed by atoms with van der Waals surface area (Å²) in [5.41, 5.74) is -2.68. The summed E-state index contributed by atoms with van der Waals surface area (Å²) in [5.74, 6) is -2.29. The molecule has 28 heavy (non-hydrogen) atoms. The SMILES string of the molecule is CC[C@@H]1C[C@]23C[C@@]1(OC(C)=O)CC[C@H]2[C@@]12CC=C[C@](C)(C(=O)O1)[C@H]2[C@@H]3C(=O)O. The lowest BCUT2D eigenvalue weighted by molar-refractivity contribution is -0.173. The molecule has 8 atom stereocenters. The molecule has 5 aliphatic rings. The van der Waals surface area contributed by atoms with Crippen LogP contribution in [0.2, 0.25) is 0 Å². The fourth-order valence-electron chi connectivity index (χ4n) is 8.40. The molecule has 6 nitrogen and oxygen atoms in total. The van der Waals surface area contributed by atoms with Gasteiger partial charge >= 0.3 is 17.9 Å². The van der Waals surface area contributed by atoms with Gasteiger partial charge in [-0.2, -0.15) is 0 Å². The Morgan fingerprint density at radius 2 is 2.14 bits per heavy atom. The minimum absolute atomic E-state index is 0.00191. The summed E-state index contributed by atoms with van der Waals surface area (Å²) in [5, 5.41) is 10.4. The van der Waals surface area contributed by atoms with Crippen LogP contribution >= 0.6 is 0 Å². The van der Waals surface area contributed by atoms with E-state index in [1.807, 2.05) is 19.1 Å². The molecule has 1 spiro atoms. The van der Waals surface area contributed by atoms with Gasteiger partial charge in [0, 0.05) is 25.2 Å². The van der Waals surface area contributed by atoms with E-state index >= 15 is 0 Å². The van der Waals surface area contributed by atoms with E-state index in [2.05, 4.69) is 6.92 Å². The van der Waals surface area contributed by atoms with Crippen molar-refractivity contribution in [3.8, 4) is 0 Å². The van der Waals surface area contributed by atoms with E-state index in [-0.39, 0.29) is 29.7 Å². The summed E-state index contributed by atoms with van der Waals surface area (Å²) in [7, 11) is 0. The van der Waals surface area contributed by atoms with E-state index in [0.29, 0.717) is 12.8 Å². The molecule has 5 rings (SSSR count). The maximum absolute atomic E-state index is 12.8. The lowest BCUT2D eigenvalue weighted by Crippen LogP contribution is -2.49. The van der Waals surface area contributed by atoms with Crippen LogP contribution in [0.5, 0.6) is 0 Å². The van der Waals surface area contributed by atoms with Gasteiger partial charge in [0.15, 0.2) is 0 Å². The lowest BCUT2D eigenvalue weighted by Gasteiger charge is -2.46. The molecule has 0 amide bonds. The predicted octanol–water partition coefficient (Wildman–Crippen LogP) is 3.10. The molecule has 4 fully saturated rings. The fourth-order valence-corrected chi connectivity index (χ4v) is 8.40. The molecule has 0 unspecified atom stereocenters. The summed E-state index contributed by atoms with van der Waals surface area (Å²) in [6, 6.07) is 0. The summed E-state index contributed by atoms with van der Waals surface area (Å²) in [6.45, 7) is 5.37. The van der Waals surface area contributed by atoms with Gasteiger partial charge in [-0.3, -0.25) is 14.4 Å². The van der Waals surface area contributed by atoms with Gasteiger partial charge in [0.1, 0.15) is 11.2 Å². The molecule has 0 aromatic carbocycles. The van der Waals surface area contributed by atoms with Crippen molar-refractivity contribution in [3.63, 3.8) is 0 Å². The average Bonchev–Trinajstić information content (AvgIpc) is 3.03. The topological polar surface area (TPSA) is 89.9 Å². The Labute approximate surface area is 164 Å². The molecule has 0 aromatic rings. The van der Waals surface area contributed by atoms with Crippen molar-refractivity contribution < 1.29 is 29.0 Å². The van der Waals surface area contributed by atoms with Crippen LogP contribution in [-0.2, 0) is 23.9 Å². The van der Waals surface area contributed by atoms with Crippen molar-refractivity contribution in [2.75, 3.05) is 0 Å². The van der Waals surface area contributed by atoms with Crippen molar-refractivity contribution in [1.82, 2.24) is 0 Å². The van der Waals surface area contributed by atoms with Crippen LogP contribution in [0.4, 0.5) is 0 Å². The minimum Gasteiger partial charge on any atom is -0.481 e. The van der Waals surface area contributed by atoms with E-state index in [1.54, 1.807) is 0 Å². The number of carbonyl (C=O) groups excluding carboxylic acids is 2. The van der Waals surface area contributed by atoms with Gasteiger partial charge in [0.2, 0.25) is 0 Å². The molecule has 4 aliphatic carbocycles. The molecular formula is C22H28O6. The second kappa shape index (κ2) is 5.19. The molecule has 6 heteroatoms. The van der Waals surface area contributed by atoms with Crippen molar-refractivity contribution in [1.29, 1.82) is 0 Å². The normalized spacial score (nSPS) is 52.8. The third-order valence-corrected chi connectivity index (χ3v) is 8.99. The molecule has 0 radical (unpaired) electrons. The van der Waals surface area contributed by atoms with E-state index in [4.69, 9.17) is 9.47 Å². The Kier molecular flexibility index (Phi) is 3.37. The first-order valence-corrected chi connectivity index (χ1v) is 10.5. The highest BCUT2D eigenvalue weighted by molar-refractivity contribution is 5.86. The summed E-state index contributed by atoms with van der Waals surface area (Å²) < 4.78 is 12.0. The zero-order valence-electron chi connectivity index (χ0n) is 16.7. The zero-order valence-corrected chi connectivity index (χ0v) is 16.7. The number of hydrogen-bond acceptors (Lipinski definition) is 5. The summed E-state index contributed by atoms with van der Waals surface area (Å²) in [6.07, 6.45) is 8.08. The van der Waals surface area contributed by atoms with Gasteiger partial charge < -0.3 is 14.6 Å². The van der Waals surface area contributed by atoms with E-state index < -0.39 is 33.9 Å². The summed E-state index contributed by atoms with van der Waals surface area (Å²) >= 11 is 0. The highest BCUT2D eigenvalue weighted by atomic mass is 16.6. The lowest BCUT2D eigenvalue weighted by atomic mass is 9.62. The van der Waals surface area contributed by atoms with Crippen LogP contribution in [0.3, 0.4) is 0 Å². The van der Waals surface area contributed by atoms with Crippen molar-refractivity contribution in [2.45, 2.75) is 70.5 Å². The van der Waals surface area contributed by atoms with Crippen LogP contribution in [0, 0.1) is 34.5 Å². The molecule has 1 heterocycles. The Bertz CT molecular complexity index is 818. The molecule has 3 saturated carbocycles. The number of carboxylic acid groups (broad SMARTS) is 1. The molecule has 152 valence electrons. The molecule has 1 saturated heterocycles. The van der Waals surface area contributed by atoms with Crippen molar-refractivity contribution in [2.24, 2.45) is 34.5 Å². The summed E-state index contributed by atoms with van der Waals surface area (Å²) in [4.78, 5) is 37.4. The van der Waals surface area contributed by atoms with Crippen LogP contribution < -0.4 is 0 Å². The third kappa shape index (κ3) is 1.79. The Hall–Kier alpha value is -1.85. The van der Waals surface area contributed by atoms with E-state index in [1.165, 1.54) is 6.92 Å². The highest BCUT2D eigenvalue weighted by Gasteiger charge is 2.83. The van der Waals surface area contributed by atoms with Crippen LogP contribution in [0.25, 0.3) is 0 Å². The number of carboxylic acids is 1. The first-order valence-electron chi connectivity index (χ1n) is 10.5. The first-order chi connectivity index (χ1) is 13.2. The van der Waals surface area contributed by atoms with Crippen LogP contribution in [0.1, 0.15) is 59.3 Å². The Morgan fingerprint density at radius 3 is 2.79 bits per heavy atom. The van der Waals surface area contributed by atoms with Gasteiger partial charge in [0.05, 0.1) is 11.3 Å². The van der Waals surface area contributed by atoms with Gasteiger partial charge in [-0.25, -0.2) is 0 Å². The monoisotopic (exact) mass is 388 g/mol. The van der Waals surface area contributed by atoms with Crippen molar-refractivity contribution in [3.05, 3.63) is 12.2 Å². The maximum Gasteiger partial charge on any atom is 0.316 e. The largest absolute Gasteiger partial charge is 0.481 e. The van der Waals surface area contributed by atoms with Gasteiger partial charge in [-0.15, -0.1) is 0 Å². The van der Waals surface area contributed by atoms with Crippen LogP contribution in [0.15, 0.2) is 12.2 Å². The van der Waals surface area contributed by atoms with E-state index in [9.17, 15) is 19.5 Å². The number of aliphatic carboxylic acids is 1. The number of fused-ring (bicyclic) bond motifs is 1. The fraction of sp³-hybridized carbons (Fsp3) is 0.773. The number of rotatable bonds is 3. The van der Waals surface area contributed by atoms with Gasteiger partial charge in [-0.05, 0) is 50.4 Å². The molecule has 1 N–H and O–H groups in total. The number of carbonyl (C=O) groups is 3. The standard InChI is InChI=1S/C22H28O6/c1-4-13-10-20-11-21(13,27-12(2)23)9-6-14(20)22-8-5-7-19(3,18(26)28-22)16(22)15(20)17(24)25/h5,7,13-16H,4,6,8-11H2,1-3H3,(H,24,25)/t13-,14-,15-,16-,19+,20+,21+,22-/m1/s1. The second-order valence-corrected chi connectivity index (χ2v) is 10.00. The Balaban J connectivity index is 1.69. The molecule has 0 aromatic heterocycles. The molecular weight excluding hydrogens is 360 g/mol. The minimum atomic E-state index is -0.887. The first kappa shape index (κ1) is 18.2. The smallest absolute Gasteiger partial charge is 0.316 e. The third-order valence-electron chi connectivity index (χ3n) is 8.99.